The van der Waals surface area contributed by atoms with Crippen molar-refractivity contribution < 1.29 is 9.15 Å². The first-order chi connectivity index (χ1) is 9.35. The van der Waals surface area contributed by atoms with E-state index in [1.165, 1.54) is 0 Å². The summed E-state index contributed by atoms with van der Waals surface area (Å²) in [7, 11) is 1.62. The Morgan fingerprint density at radius 3 is 2.58 bits per heavy atom. The van der Waals surface area contributed by atoms with Crippen LogP contribution in [0.3, 0.4) is 0 Å². The lowest BCUT2D eigenvalue weighted by Crippen LogP contribution is -1.88. The Bertz CT molecular complexity index is 781. The first-order valence-corrected chi connectivity index (χ1v) is 5.90. The average Bonchev–Trinajstić information content (AvgIpc) is 2.85. The van der Waals surface area contributed by atoms with Gasteiger partial charge in [0.25, 0.3) is 0 Å². The summed E-state index contributed by atoms with van der Waals surface area (Å²) < 4.78 is 11.0. The third-order valence-corrected chi connectivity index (χ3v) is 3.07. The molecule has 0 saturated heterocycles. The Balaban J connectivity index is 2.39. The minimum atomic E-state index is 0.311. The van der Waals surface area contributed by atoms with E-state index in [9.17, 15) is 5.26 Å². The van der Waals surface area contributed by atoms with Gasteiger partial charge in [0.2, 0.25) is 5.76 Å². The molecule has 0 aliphatic heterocycles. The molecule has 19 heavy (non-hydrogen) atoms. The van der Waals surface area contributed by atoms with Crippen LogP contribution >= 0.6 is 0 Å². The Labute approximate surface area is 110 Å². The summed E-state index contributed by atoms with van der Waals surface area (Å²) in [6.07, 6.45) is 0. The zero-order valence-electron chi connectivity index (χ0n) is 10.4. The van der Waals surface area contributed by atoms with Gasteiger partial charge in [0.1, 0.15) is 17.4 Å². The SMILES string of the molecule is COc1ccccc1-c1c(C#N)oc2ccccc12. The maximum Gasteiger partial charge on any atom is 0.212 e. The van der Waals surface area contributed by atoms with Crippen molar-refractivity contribution in [2.24, 2.45) is 0 Å². The quantitative estimate of drug-likeness (QED) is 0.690. The molecule has 2 aromatic carbocycles. The van der Waals surface area contributed by atoms with Gasteiger partial charge < -0.3 is 9.15 Å². The second kappa shape index (κ2) is 4.51. The maximum absolute atomic E-state index is 9.26. The molecule has 3 nitrogen and oxygen atoms in total. The minimum absolute atomic E-state index is 0.311. The van der Waals surface area contributed by atoms with Crippen LogP contribution in [0.2, 0.25) is 0 Å². The molecule has 0 amide bonds. The van der Waals surface area contributed by atoms with Crippen molar-refractivity contribution in [2.75, 3.05) is 7.11 Å². The van der Waals surface area contributed by atoms with E-state index in [1.54, 1.807) is 7.11 Å². The van der Waals surface area contributed by atoms with Crippen LogP contribution in [0, 0.1) is 11.3 Å². The molecule has 92 valence electrons. The number of furan rings is 1. The molecule has 0 radical (unpaired) electrons. The highest BCUT2D eigenvalue weighted by molar-refractivity contribution is 5.98. The van der Waals surface area contributed by atoms with Crippen LogP contribution in [0.15, 0.2) is 52.9 Å². The van der Waals surface area contributed by atoms with Crippen molar-refractivity contribution in [3.8, 4) is 22.9 Å². The zero-order valence-corrected chi connectivity index (χ0v) is 10.4. The van der Waals surface area contributed by atoms with E-state index in [2.05, 4.69) is 6.07 Å². The molecule has 0 saturated carbocycles. The number of methoxy groups -OCH3 is 1. The highest BCUT2D eigenvalue weighted by Gasteiger charge is 2.18. The largest absolute Gasteiger partial charge is 0.496 e. The van der Waals surface area contributed by atoms with E-state index in [4.69, 9.17) is 9.15 Å². The number of hydrogen-bond donors (Lipinski definition) is 0. The molecule has 0 atom stereocenters. The summed E-state index contributed by atoms with van der Waals surface area (Å²) in [4.78, 5) is 0. The smallest absolute Gasteiger partial charge is 0.212 e. The summed E-state index contributed by atoms with van der Waals surface area (Å²) >= 11 is 0. The zero-order chi connectivity index (χ0) is 13.2. The number of ether oxygens (including phenoxy) is 1. The second-order valence-electron chi connectivity index (χ2n) is 4.11. The maximum atomic E-state index is 9.26. The number of hydrogen-bond acceptors (Lipinski definition) is 3. The Kier molecular flexibility index (Phi) is 2.70. The molecule has 0 bridgehead atoms. The first-order valence-electron chi connectivity index (χ1n) is 5.90. The van der Waals surface area contributed by atoms with Gasteiger partial charge in [-0.2, -0.15) is 5.26 Å². The summed E-state index contributed by atoms with van der Waals surface area (Å²) in [6, 6.07) is 17.3. The predicted octanol–water partition coefficient (Wildman–Crippen LogP) is 3.98. The van der Waals surface area contributed by atoms with Gasteiger partial charge in [-0.3, -0.25) is 0 Å². The van der Waals surface area contributed by atoms with Crippen LogP contribution in [0.1, 0.15) is 5.76 Å². The molecular weight excluding hydrogens is 238 g/mol. The molecule has 0 fully saturated rings. The topological polar surface area (TPSA) is 46.2 Å². The number of nitriles is 1. The van der Waals surface area contributed by atoms with Gasteiger partial charge in [-0.05, 0) is 12.1 Å². The summed E-state index contributed by atoms with van der Waals surface area (Å²) in [5.74, 6) is 1.04. The monoisotopic (exact) mass is 249 g/mol. The van der Waals surface area contributed by atoms with Gasteiger partial charge in [-0.25, -0.2) is 0 Å². The summed E-state index contributed by atoms with van der Waals surface area (Å²) in [6.45, 7) is 0. The third kappa shape index (κ3) is 1.74. The molecule has 0 unspecified atom stereocenters. The third-order valence-electron chi connectivity index (χ3n) is 3.07. The summed E-state index contributed by atoms with van der Waals surface area (Å²) in [5.41, 5.74) is 2.36. The molecule has 1 aromatic heterocycles. The standard InChI is InChI=1S/C16H11NO2/c1-18-13-8-4-2-6-11(13)16-12-7-3-5-9-14(12)19-15(16)10-17/h2-9H,1H3. The molecule has 1 heterocycles. The first kappa shape index (κ1) is 11.4. The summed E-state index contributed by atoms with van der Waals surface area (Å²) in [5, 5.41) is 10.2. The van der Waals surface area contributed by atoms with E-state index in [0.29, 0.717) is 11.3 Å². The van der Waals surface area contributed by atoms with E-state index >= 15 is 0 Å². The molecule has 3 aromatic rings. The number of nitrogens with zero attached hydrogens (tertiary/aromatic N) is 1. The van der Waals surface area contributed by atoms with Crippen LogP contribution in [-0.2, 0) is 0 Å². The lowest BCUT2D eigenvalue weighted by atomic mass is 10.0. The second-order valence-corrected chi connectivity index (χ2v) is 4.11. The fourth-order valence-electron chi connectivity index (χ4n) is 2.24. The van der Waals surface area contributed by atoms with Crippen LogP contribution in [0.4, 0.5) is 0 Å². The Morgan fingerprint density at radius 1 is 1.05 bits per heavy atom. The average molecular weight is 249 g/mol. The van der Waals surface area contributed by atoms with Crippen molar-refractivity contribution >= 4 is 11.0 Å². The van der Waals surface area contributed by atoms with E-state index in [1.807, 2.05) is 48.5 Å². The fraction of sp³-hybridized carbons (Fsp3) is 0.0625. The lowest BCUT2D eigenvalue weighted by Gasteiger charge is -2.06. The Morgan fingerprint density at radius 2 is 1.79 bits per heavy atom. The van der Waals surface area contributed by atoms with E-state index in [-0.39, 0.29) is 0 Å². The molecule has 0 N–H and O–H groups in total. The van der Waals surface area contributed by atoms with Crippen molar-refractivity contribution in [3.63, 3.8) is 0 Å². The molecule has 0 aliphatic rings. The number of benzene rings is 2. The van der Waals surface area contributed by atoms with Gasteiger partial charge in [0.15, 0.2) is 0 Å². The fourth-order valence-corrected chi connectivity index (χ4v) is 2.24. The molecular formula is C16H11NO2. The highest BCUT2D eigenvalue weighted by atomic mass is 16.5. The van der Waals surface area contributed by atoms with Crippen molar-refractivity contribution in [2.45, 2.75) is 0 Å². The van der Waals surface area contributed by atoms with Gasteiger partial charge >= 0.3 is 0 Å². The Hall–Kier alpha value is -2.73. The van der Waals surface area contributed by atoms with Crippen molar-refractivity contribution in [1.29, 1.82) is 5.26 Å². The molecule has 3 heteroatoms. The normalized spacial score (nSPS) is 10.3. The highest BCUT2D eigenvalue weighted by Crippen LogP contribution is 2.38. The van der Waals surface area contributed by atoms with Crippen LogP contribution < -0.4 is 4.74 Å². The van der Waals surface area contributed by atoms with E-state index in [0.717, 1.165) is 22.3 Å². The molecule has 0 spiro atoms. The van der Waals surface area contributed by atoms with Crippen molar-refractivity contribution in [1.82, 2.24) is 0 Å². The molecule has 3 rings (SSSR count). The van der Waals surface area contributed by atoms with Gasteiger partial charge in [0.05, 0.1) is 12.7 Å². The van der Waals surface area contributed by atoms with Crippen molar-refractivity contribution in [3.05, 3.63) is 54.3 Å². The van der Waals surface area contributed by atoms with E-state index < -0.39 is 0 Å². The van der Waals surface area contributed by atoms with Gasteiger partial charge in [-0.15, -0.1) is 0 Å². The predicted molar refractivity (Wildman–Crippen MR) is 72.9 cm³/mol. The minimum Gasteiger partial charge on any atom is -0.496 e. The van der Waals surface area contributed by atoms with Crippen LogP contribution in [0.5, 0.6) is 5.75 Å². The van der Waals surface area contributed by atoms with Crippen LogP contribution in [-0.4, -0.2) is 7.11 Å². The number of fused-ring (bicyclic) bond motifs is 1. The van der Waals surface area contributed by atoms with Gasteiger partial charge in [0, 0.05) is 10.9 Å². The molecule has 0 aliphatic carbocycles. The van der Waals surface area contributed by atoms with Gasteiger partial charge in [-0.1, -0.05) is 36.4 Å². The van der Waals surface area contributed by atoms with Crippen LogP contribution in [0.25, 0.3) is 22.1 Å². The number of para-hydroxylation sites is 2. The number of rotatable bonds is 2. The lowest BCUT2D eigenvalue weighted by molar-refractivity contribution is 0.416.